The van der Waals surface area contributed by atoms with Crippen LogP contribution in [0.25, 0.3) is 0 Å². The third-order valence-corrected chi connectivity index (χ3v) is 5.86. The number of rotatable bonds is 17. The minimum absolute atomic E-state index is 0.123. The lowest BCUT2D eigenvalue weighted by Gasteiger charge is -2.24. The summed E-state index contributed by atoms with van der Waals surface area (Å²) < 4.78 is 0. The highest BCUT2D eigenvalue weighted by atomic mass is 32.2. The predicted molar refractivity (Wildman–Crippen MR) is 137 cm³/mol. The molecule has 5 amide bonds. The minimum Gasteiger partial charge on any atom is -0.480 e. The van der Waals surface area contributed by atoms with E-state index in [1.54, 1.807) is 36.6 Å². The van der Waals surface area contributed by atoms with Crippen LogP contribution in [0.1, 0.15) is 31.2 Å². The molecule has 0 aliphatic heterocycles. The minimum atomic E-state index is -1.47. The quantitative estimate of drug-likeness (QED) is 0.116. The molecule has 4 atom stereocenters. The second-order valence-electron chi connectivity index (χ2n) is 8.27. The van der Waals surface area contributed by atoms with Gasteiger partial charge in [0, 0.05) is 6.42 Å². The molecule has 1 rings (SSSR count). The van der Waals surface area contributed by atoms with Gasteiger partial charge in [0.25, 0.3) is 0 Å². The summed E-state index contributed by atoms with van der Waals surface area (Å²) in [5.74, 6) is -5.02. The Labute approximate surface area is 218 Å². The van der Waals surface area contributed by atoms with Crippen molar-refractivity contribution in [3.8, 4) is 0 Å². The molecule has 0 aromatic heterocycles. The molecule has 0 fully saturated rings. The Morgan fingerprint density at radius 2 is 1.41 bits per heavy atom. The van der Waals surface area contributed by atoms with E-state index in [0.717, 1.165) is 5.56 Å². The van der Waals surface area contributed by atoms with E-state index in [-0.39, 0.29) is 25.7 Å². The standard InChI is InChI=1S/C23H34N6O7S/c1-37-10-9-16(23(35)36)28-21(33)15(7-8-18(25)30)27-22(34)17(12-19(26)31)29-20(32)14(24)11-13-5-3-2-4-6-13/h2-6,14-17H,7-12,24H2,1H3,(H2,25,30)(H2,26,31)(H,27,34)(H,28,33)(H,29,32)(H,35,36). The fraction of sp³-hybridized carbons (Fsp3) is 0.478. The predicted octanol–water partition coefficient (Wildman–Crippen LogP) is -2.01. The van der Waals surface area contributed by atoms with Crippen LogP contribution in [0.2, 0.25) is 0 Å². The molecule has 0 heterocycles. The van der Waals surface area contributed by atoms with Crippen molar-refractivity contribution in [2.45, 2.75) is 56.3 Å². The Hall–Kier alpha value is -3.65. The highest BCUT2D eigenvalue weighted by Gasteiger charge is 2.31. The molecule has 4 unspecified atom stereocenters. The summed E-state index contributed by atoms with van der Waals surface area (Å²) in [5.41, 5.74) is 17.1. The molecule has 1 aromatic rings. The topological polar surface area (TPSA) is 237 Å². The van der Waals surface area contributed by atoms with Crippen LogP contribution in [0.15, 0.2) is 30.3 Å². The number of aliphatic carboxylic acids is 1. The molecule has 10 N–H and O–H groups in total. The van der Waals surface area contributed by atoms with E-state index in [1.165, 1.54) is 11.8 Å². The first-order valence-corrected chi connectivity index (χ1v) is 12.8. The third kappa shape index (κ3) is 12.2. The summed E-state index contributed by atoms with van der Waals surface area (Å²) in [6.45, 7) is 0. The van der Waals surface area contributed by atoms with E-state index in [0.29, 0.717) is 5.75 Å². The molecule has 0 spiro atoms. The van der Waals surface area contributed by atoms with Crippen molar-refractivity contribution in [2.24, 2.45) is 17.2 Å². The van der Waals surface area contributed by atoms with E-state index in [9.17, 15) is 33.9 Å². The third-order valence-electron chi connectivity index (χ3n) is 5.21. The average Bonchev–Trinajstić information content (AvgIpc) is 2.83. The van der Waals surface area contributed by atoms with Crippen LogP contribution in [-0.2, 0) is 35.2 Å². The molecule has 13 nitrogen and oxygen atoms in total. The van der Waals surface area contributed by atoms with Gasteiger partial charge in [-0.05, 0) is 36.8 Å². The van der Waals surface area contributed by atoms with Crippen LogP contribution in [0.3, 0.4) is 0 Å². The van der Waals surface area contributed by atoms with Crippen LogP contribution in [0.5, 0.6) is 0 Å². The Morgan fingerprint density at radius 3 is 1.95 bits per heavy atom. The van der Waals surface area contributed by atoms with Gasteiger partial charge in [-0.2, -0.15) is 11.8 Å². The summed E-state index contributed by atoms with van der Waals surface area (Å²) >= 11 is 1.39. The molecule has 14 heteroatoms. The summed E-state index contributed by atoms with van der Waals surface area (Å²) in [6.07, 6.45) is 0.926. The van der Waals surface area contributed by atoms with Crippen molar-refractivity contribution in [3.05, 3.63) is 35.9 Å². The molecular formula is C23H34N6O7S. The fourth-order valence-corrected chi connectivity index (χ4v) is 3.71. The molecule has 0 saturated heterocycles. The SMILES string of the molecule is CSCCC(NC(=O)C(CCC(N)=O)NC(=O)C(CC(N)=O)NC(=O)C(N)Cc1ccccc1)C(=O)O. The number of hydrogen-bond donors (Lipinski definition) is 7. The van der Waals surface area contributed by atoms with Crippen LogP contribution >= 0.6 is 11.8 Å². The normalized spacial score (nSPS) is 13.9. The van der Waals surface area contributed by atoms with Gasteiger partial charge in [0.15, 0.2) is 0 Å². The van der Waals surface area contributed by atoms with Crippen LogP contribution in [-0.4, -0.2) is 76.8 Å². The zero-order valence-corrected chi connectivity index (χ0v) is 21.3. The van der Waals surface area contributed by atoms with Crippen molar-refractivity contribution in [1.82, 2.24) is 16.0 Å². The van der Waals surface area contributed by atoms with Crippen LogP contribution in [0, 0.1) is 0 Å². The largest absolute Gasteiger partial charge is 0.480 e. The number of carboxylic acid groups (broad SMARTS) is 1. The molecule has 0 aliphatic rings. The molecule has 1 aromatic carbocycles. The summed E-state index contributed by atoms with van der Waals surface area (Å²) in [7, 11) is 0. The molecule has 0 radical (unpaired) electrons. The Morgan fingerprint density at radius 1 is 0.838 bits per heavy atom. The number of primary amides is 2. The number of hydrogen-bond acceptors (Lipinski definition) is 8. The number of carboxylic acids is 1. The van der Waals surface area contributed by atoms with Gasteiger partial charge in [-0.15, -0.1) is 0 Å². The second-order valence-corrected chi connectivity index (χ2v) is 9.26. The lowest BCUT2D eigenvalue weighted by molar-refractivity contribution is -0.142. The molecule has 204 valence electrons. The molecule has 0 bridgehead atoms. The van der Waals surface area contributed by atoms with Gasteiger partial charge >= 0.3 is 5.97 Å². The number of carbonyl (C=O) groups excluding carboxylic acids is 5. The summed E-state index contributed by atoms with van der Waals surface area (Å²) in [6, 6.07) is 3.77. The molecule has 37 heavy (non-hydrogen) atoms. The first-order valence-electron chi connectivity index (χ1n) is 11.4. The summed E-state index contributed by atoms with van der Waals surface area (Å²) in [5, 5.41) is 16.4. The average molecular weight is 539 g/mol. The number of benzene rings is 1. The lowest BCUT2D eigenvalue weighted by Crippen LogP contribution is -2.58. The number of amides is 5. The van der Waals surface area contributed by atoms with Crippen LogP contribution < -0.4 is 33.2 Å². The Balaban J connectivity index is 2.98. The number of nitrogens with one attached hydrogen (secondary N) is 3. The van der Waals surface area contributed by atoms with E-state index in [4.69, 9.17) is 17.2 Å². The van der Waals surface area contributed by atoms with Crippen molar-refractivity contribution < 1.29 is 33.9 Å². The van der Waals surface area contributed by atoms with Gasteiger partial charge in [0.05, 0.1) is 12.5 Å². The Bertz CT molecular complexity index is 962. The van der Waals surface area contributed by atoms with Crippen LogP contribution in [0.4, 0.5) is 0 Å². The van der Waals surface area contributed by atoms with Crippen molar-refractivity contribution in [1.29, 1.82) is 0 Å². The maximum Gasteiger partial charge on any atom is 0.326 e. The maximum atomic E-state index is 13.0. The zero-order chi connectivity index (χ0) is 28.0. The number of carbonyl (C=O) groups is 6. The monoisotopic (exact) mass is 538 g/mol. The molecule has 0 aliphatic carbocycles. The van der Waals surface area contributed by atoms with Gasteiger partial charge in [-0.3, -0.25) is 24.0 Å². The highest BCUT2D eigenvalue weighted by molar-refractivity contribution is 7.98. The van der Waals surface area contributed by atoms with Gasteiger partial charge in [-0.1, -0.05) is 30.3 Å². The lowest BCUT2D eigenvalue weighted by atomic mass is 10.0. The first kappa shape index (κ1) is 31.4. The Kier molecular flexibility index (Phi) is 13.7. The second kappa shape index (κ2) is 16.2. The van der Waals surface area contributed by atoms with Gasteiger partial charge in [0.2, 0.25) is 29.5 Å². The van der Waals surface area contributed by atoms with E-state index in [1.807, 2.05) is 0 Å². The van der Waals surface area contributed by atoms with Crippen molar-refractivity contribution >= 4 is 47.3 Å². The molecule has 0 saturated carbocycles. The van der Waals surface area contributed by atoms with Gasteiger partial charge in [-0.25, -0.2) is 4.79 Å². The number of thioether (sulfide) groups is 1. The van der Waals surface area contributed by atoms with Crippen molar-refractivity contribution in [2.75, 3.05) is 12.0 Å². The van der Waals surface area contributed by atoms with Crippen molar-refractivity contribution in [3.63, 3.8) is 0 Å². The van der Waals surface area contributed by atoms with E-state index in [2.05, 4.69) is 16.0 Å². The van der Waals surface area contributed by atoms with Gasteiger partial charge < -0.3 is 38.3 Å². The number of nitrogens with two attached hydrogens (primary N) is 3. The molecular weight excluding hydrogens is 504 g/mol. The summed E-state index contributed by atoms with van der Waals surface area (Å²) in [4.78, 5) is 72.7. The maximum absolute atomic E-state index is 13.0. The van der Waals surface area contributed by atoms with E-state index >= 15 is 0 Å². The fourth-order valence-electron chi connectivity index (χ4n) is 3.24. The van der Waals surface area contributed by atoms with Gasteiger partial charge in [0.1, 0.15) is 18.1 Å². The first-order chi connectivity index (χ1) is 17.4. The highest BCUT2D eigenvalue weighted by Crippen LogP contribution is 2.06. The zero-order valence-electron chi connectivity index (χ0n) is 20.5. The van der Waals surface area contributed by atoms with E-state index < -0.39 is 66.1 Å². The smallest absolute Gasteiger partial charge is 0.326 e.